The van der Waals surface area contributed by atoms with Crippen LogP contribution in [0.2, 0.25) is 0 Å². The van der Waals surface area contributed by atoms with Gasteiger partial charge in [-0.2, -0.15) is 0 Å². The third kappa shape index (κ3) is 5.79. The first kappa shape index (κ1) is 9.66. The van der Waals surface area contributed by atoms with Gasteiger partial charge in [-0.1, -0.05) is 6.08 Å². The molecule has 0 saturated heterocycles. The Kier molecular flexibility index (Phi) is 3.61. The summed E-state index contributed by atoms with van der Waals surface area (Å²) < 4.78 is 5.19. The van der Waals surface area contributed by atoms with Crippen molar-refractivity contribution in [3.05, 3.63) is 12.7 Å². The summed E-state index contributed by atoms with van der Waals surface area (Å²) in [5.74, 6) is 0. The Bertz CT molecular complexity index is 102. The molecule has 0 saturated carbocycles. The van der Waals surface area contributed by atoms with Crippen LogP contribution in [0.5, 0.6) is 0 Å². The quantitative estimate of drug-likeness (QED) is 0.603. The smallest absolute Gasteiger partial charge is 0.0824 e. The molecule has 0 heterocycles. The summed E-state index contributed by atoms with van der Waals surface area (Å²) >= 11 is 0. The molecule has 2 heteroatoms. The standard InChI is InChI=1S/C8H16O2/c1-5-7(2)10-6-8(3,4)9/h5,7,9H,1,6H2,2-4H3. The van der Waals surface area contributed by atoms with Crippen LogP contribution in [0.3, 0.4) is 0 Å². The molecule has 0 radical (unpaired) electrons. The Morgan fingerprint density at radius 2 is 2.20 bits per heavy atom. The molecule has 2 nitrogen and oxygen atoms in total. The summed E-state index contributed by atoms with van der Waals surface area (Å²) in [5, 5.41) is 9.20. The predicted octanol–water partition coefficient (Wildman–Crippen LogP) is 1.35. The maximum absolute atomic E-state index is 9.20. The first-order valence-corrected chi connectivity index (χ1v) is 3.42. The maximum atomic E-state index is 9.20. The zero-order chi connectivity index (χ0) is 8.20. The predicted molar refractivity (Wildman–Crippen MR) is 41.9 cm³/mol. The van der Waals surface area contributed by atoms with E-state index < -0.39 is 5.60 Å². The third-order valence-corrected chi connectivity index (χ3v) is 1.03. The summed E-state index contributed by atoms with van der Waals surface area (Å²) in [6.45, 7) is 9.21. The molecule has 0 aliphatic rings. The molecule has 10 heavy (non-hydrogen) atoms. The second-order valence-electron chi connectivity index (χ2n) is 3.06. The Balaban J connectivity index is 3.45. The molecular weight excluding hydrogens is 128 g/mol. The molecule has 60 valence electrons. The van der Waals surface area contributed by atoms with E-state index in [0.29, 0.717) is 6.61 Å². The second-order valence-corrected chi connectivity index (χ2v) is 3.06. The van der Waals surface area contributed by atoms with Crippen molar-refractivity contribution in [2.24, 2.45) is 0 Å². The highest BCUT2D eigenvalue weighted by atomic mass is 16.5. The van der Waals surface area contributed by atoms with Gasteiger partial charge in [-0.25, -0.2) is 0 Å². The van der Waals surface area contributed by atoms with Crippen molar-refractivity contribution >= 4 is 0 Å². The van der Waals surface area contributed by atoms with E-state index in [1.54, 1.807) is 19.9 Å². The average Bonchev–Trinajstić information content (AvgIpc) is 1.81. The van der Waals surface area contributed by atoms with Crippen molar-refractivity contribution in [3.8, 4) is 0 Å². The van der Waals surface area contributed by atoms with Gasteiger partial charge < -0.3 is 9.84 Å². The van der Waals surface area contributed by atoms with Crippen LogP contribution in [0.1, 0.15) is 20.8 Å². The highest BCUT2D eigenvalue weighted by Gasteiger charge is 2.13. The first-order valence-electron chi connectivity index (χ1n) is 3.42. The summed E-state index contributed by atoms with van der Waals surface area (Å²) in [4.78, 5) is 0. The van der Waals surface area contributed by atoms with E-state index >= 15 is 0 Å². The van der Waals surface area contributed by atoms with Gasteiger partial charge in [-0.3, -0.25) is 0 Å². The molecular formula is C8H16O2. The monoisotopic (exact) mass is 144 g/mol. The molecule has 0 aromatic heterocycles. The van der Waals surface area contributed by atoms with Crippen molar-refractivity contribution in [1.29, 1.82) is 0 Å². The number of ether oxygens (including phenoxy) is 1. The molecule has 1 N–H and O–H groups in total. The van der Waals surface area contributed by atoms with Crippen LogP contribution in [0.15, 0.2) is 12.7 Å². The normalized spacial score (nSPS) is 14.8. The highest BCUT2D eigenvalue weighted by Crippen LogP contribution is 2.03. The molecule has 1 unspecified atom stereocenters. The van der Waals surface area contributed by atoms with Gasteiger partial charge in [0, 0.05) is 0 Å². The minimum Gasteiger partial charge on any atom is -0.388 e. The summed E-state index contributed by atoms with van der Waals surface area (Å²) in [6.07, 6.45) is 1.72. The summed E-state index contributed by atoms with van der Waals surface area (Å²) in [7, 11) is 0. The van der Waals surface area contributed by atoms with Crippen LogP contribution in [0.25, 0.3) is 0 Å². The molecule has 0 fully saturated rings. The molecule has 0 rings (SSSR count). The molecule has 0 aromatic carbocycles. The minimum absolute atomic E-state index is 0.0198. The first-order chi connectivity index (χ1) is 4.45. The van der Waals surface area contributed by atoms with Crippen molar-refractivity contribution in [1.82, 2.24) is 0 Å². The Labute approximate surface area is 62.5 Å². The second kappa shape index (κ2) is 3.74. The van der Waals surface area contributed by atoms with Gasteiger partial charge in [0.1, 0.15) is 0 Å². The van der Waals surface area contributed by atoms with Crippen molar-refractivity contribution < 1.29 is 9.84 Å². The zero-order valence-electron chi connectivity index (χ0n) is 6.92. The number of hydrogen-bond donors (Lipinski definition) is 1. The van der Waals surface area contributed by atoms with E-state index in [9.17, 15) is 5.11 Å². The van der Waals surface area contributed by atoms with Gasteiger partial charge in [0.15, 0.2) is 0 Å². The summed E-state index contributed by atoms with van der Waals surface area (Å²) in [5.41, 5.74) is -0.739. The van der Waals surface area contributed by atoms with Crippen LogP contribution in [-0.4, -0.2) is 23.4 Å². The molecule has 0 spiro atoms. The average molecular weight is 144 g/mol. The van der Waals surface area contributed by atoms with E-state index in [2.05, 4.69) is 6.58 Å². The fourth-order valence-electron chi connectivity index (χ4n) is 0.403. The third-order valence-electron chi connectivity index (χ3n) is 1.03. The van der Waals surface area contributed by atoms with Gasteiger partial charge >= 0.3 is 0 Å². The maximum Gasteiger partial charge on any atom is 0.0824 e. The number of aliphatic hydroxyl groups is 1. The lowest BCUT2D eigenvalue weighted by Crippen LogP contribution is -2.27. The SMILES string of the molecule is C=CC(C)OCC(C)(C)O. The van der Waals surface area contributed by atoms with Crippen LogP contribution in [0, 0.1) is 0 Å². The van der Waals surface area contributed by atoms with Gasteiger partial charge in [0.2, 0.25) is 0 Å². The fraction of sp³-hybridized carbons (Fsp3) is 0.750. The lowest BCUT2D eigenvalue weighted by molar-refractivity contribution is -0.0349. The Morgan fingerprint density at radius 3 is 2.50 bits per heavy atom. The lowest BCUT2D eigenvalue weighted by atomic mass is 10.2. The van der Waals surface area contributed by atoms with Gasteiger partial charge in [-0.15, -0.1) is 6.58 Å². The van der Waals surface area contributed by atoms with Crippen LogP contribution >= 0.6 is 0 Å². The van der Waals surface area contributed by atoms with Gasteiger partial charge in [0.25, 0.3) is 0 Å². The van der Waals surface area contributed by atoms with E-state index in [4.69, 9.17) is 4.74 Å². The highest BCUT2D eigenvalue weighted by molar-refractivity contribution is 4.76. The van der Waals surface area contributed by atoms with E-state index in [0.717, 1.165) is 0 Å². The van der Waals surface area contributed by atoms with Crippen molar-refractivity contribution in [3.63, 3.8) is 0 Å². The van der Waals surface area contributed by atoms with Gasteiger partial charge in [-0.05, 0) is 20.8 Å². The van der Waals surface area contributed by atoms with Crippen LogP contribution < -0.4 is 0 Å². The van der Waals surface area contributed by atoms with E-state index in [1.165, 1.54) is 0 Å². The van der Waals surface area contributed by atoms with Crippen molar-refractivity contribution in [2.75, 3.05) is 6.61 Å². The Morgan fingerprint density at radius 1 is 1.70 bits per heavy atom. The minimum atomic E-state index is -0.739. The molecule has 0 aromatic rings. The zero-order valence-corrected chi connectivity index (χ0v) is 6.92. The van der Waals surface area contributed by atoms with Crippen LogP contribution in [-0.2, 0) is 4.74 Å². The number of rotatable bonds is 4. The molecule has 0 bridgehead atoms. The molecule has 0 aliphatic heterocycles. The van der Waals surface area contributed by atoms with Gasteiger partial charge in [0.05, 0.1) is 18.3 Å². The van der Waals surface area contributed by atoms with Crippen molar-refractivity contribution in [2.45, 2.75) is 32.5 Å². The van der Waals surface area contributed by atoms with E-state index in [1.807, 2.05) is 6.92 Å². The molecule has 0 amide bonds. The number of hydrogen-bond acceptors (Lipinski definition) is 2. The Hall–Kier alpha value is -0.340. The lowest BCUT2D eigenvalue weighted by Gasteiger charge is -2.18. The molecule has 0 aliphatic carbocycles. The fourth-order valence-corrected chi connectivity index (χ4v) is 0.403. The topological polar surface area (TPSA) is 29.5 Å². The van der Waals surface area contributed by atoms with E-state index in [-0.39, 0.29) is 6.10 Å². The van der Waals surface area contributed by atoms with Crippen LogP contribution in [0.4, 0.5) is 0 Å². The molecule has 1 atom stereocenters. The summed E-state index contributed by atoms with van der Waals surface area (Å²) in [6, 6.07) is 0. The largest absolute Gasteiger partial charge is 0.388 e.